The van der Waals surface area contributed by atoms with Crippen molar-refractivity contribution in [2.75, 3.05) is 6.61 Å². The fraction of sp³-hybridized carbons (Fsp3) is 0.983. The van der Waals surface area contributed by atoms with Crippen LogP contribution in [0.1, 0.15) is 341 Å². The van der Waals surface area contributed by atoms with Gasteiger partial charge < -0.3 is 20.6 Å². The largest absolute Gasteiger partial charge is 0.394 e. The average molecular weight is 893 g/mol. The van der Waals surface area contributed by atoms with Gasteiger partial charge in [-0.25, -0.2) is 0 Å². The number of amides is 1. The molecule has 0 aliphatic rings. The average Bonchev–Trinajstić information content (AvgIpc) is 3.29. The molecule has 3 unspecified atom stereocenters. The van der Waals surface area contributed by atoms with Gasteiger partial charge in [0.25, 0.3) is 0 Å². The summed E-state index contributed by atoms with van der Waals surface area (Å²) in [5.74, 6) is -0.135. The maximum Gasteiger partial charge on any atom is 0.220 e. The highest BCUT2D eigenvalue weighted by Crippen LogP contribution is 2.19. The predicted molar refractivity (Wildman–Crippen MR) is 278 cm³/mol. The molecule has 0 aromatic carbocycles. The third-order valence-corrected chi connectivity index (χ3v) is 14.2. The van der Waals surface area contributed by atoms with Crippen LogP contribution in [0.2, 0.25) is 0 Å². The zero-order valence-electron chi connectivity index (χ0n) is 43.3. The Kier molecular flexibility index (Phi) is 53.4. The van der Waals surface area contributed by atoms with Gasteiger partial charge in [-0.15, -0.1) is 0 Å². The first-order valence-corrected chi connectivity index (χ1v) is 29.3. The lowest BCUT2D eigenvalue weighted by Gasteiger charge is -2.26. The van der Waals surface area contributed by atoms with Gasteiger partial charge in [-0.1, -0.05) is 322 Å². The van der Waals surface area contributed by atoms with Crippen LogP contribution in [-0.2, 0) is 4.79 Å². The van der Waals surface area contributed by atoms with E-state index in [9.17, 15) is 20.1 Å². The molecular weight excluding hydrogens is 775 g/mol. The number of rotatable bonds is 55. The molecule has 63 heavy (non-hydrogen) atoms. The fourth-order valence-electron chi connectivity index (χ4n) is 9.70. The first-order chi connectivity index (χ1) is 31.1. The highest BCUT2D eigenvalue weighted by Gasteiger charge is 2.26. The molecule has 0 fully saturated rings. The van der Waals surface area contributed by atoms with E-state index in [4.69, 9.17) is 0 Å². The molecule has 0 saturated heterocycles. The quantitative estimate of drug-likeness (QED) is 0.0458. The first-order valence-electron chi connectivity index (χ1n) is 29.3. The highest BCUT2D eigenvalue weighted by molar-refractivity contribution is 5.76. The molecule has 378 valence electrons. The molecule has 0 aliphatic carbocycles. The molecule has 4 N–H and O–H groups in total. The summed E-state index contributed by atoms with van der Waals surface area (Å²) in [5.41, 5.74) is 0. The minimum Gasteiger partial charge on any atom is -0.394 e. The second-order valence-corrected chi connectivity index (χ2v) is 20.6. The van der Waals surface area contributed by atoms with Gasteiger partial charge in [-0.3, -0.25) is 4.79 Å². The number of aliphatic hydroxyl groups is 3. The second-order valence-electron chi connectivity index (χ2n) is 20.6. The summed E-state index contributed by atoms with van der Waals surface area (Å²) < 4.78 is 0. The van der Waals surface area contributed by atoms with Crippen molar-refractivity contribution < 1.29 is 20.1 Å². The van der Waals surface area contributed by atoms with Crippen LogP contribution < -0.4 is 5.32 Å². The van der Waals surface area contributed by atoms with Gasteiger partial charge in [-0.2, -0.15) is 0 Å². The van der Waals surface area contributed by atoms with E-state index < -0.39 is 18.2 Å². The molecular formula is C58H117NO4. The monoisotopic (exact) mass is 892 g/mol. The first kappa shape index (κ1) is 62.4. The van der Waals surface area contributed by atoms with Crippen molar-refractivity contribution in [1.29, 1.82) is 0 Å². The molecule has 1 amide bonds. The normalized spacial score (nSPS) is 13.2. The molecule has 0 bridgehead atoms. The van der Waals surface area contributed by atoms with Crippen LogP contribution in [0.3, 0.4) is 0 Å². The number of hydrogen-bond acceptors (Lipinski definition) is 4. The van der Waals surface area contributed by atoms with Gasteiger partial charge in [0.05, 0.1) is 18.8 Å². The Labute approximate surface area is 396 Å². The van der Waals surface area contributed by atoms with Crippen molar-refractivity contribution in [2.45, 2.75) is 360 Å². The van der Waals surface area contributed by atoms with Crippen molar-refractivity contribution in [1.82, 2.24) is 5.32 Å². The van der Waals surface area contributed by atoms with Crippen LogP contribution in [-0.4, -0.2) is 46.1 Å². The molecule has 5 heteroatoms. The van der Waals surface area contributed by atoms with Crippen LogP contribution in [0, 0.1) is 0 Å². The summed E-state index contributed by atoms with van der Waals surface area (Å²) >= 11 is 0. The van der Waals surface area contributed by atoms with Crippen LogP contribution in [0.15, 0.2) is 0 Å². The summed E-state index contributed by atoms with van der Waals surface area (Å²) in [6, 6.07) is -0.804. The van der Waals surface area contributed by atoms with Crippen LogP contribution in [0.4, 0.5) is 0 Å². The van der Waals surface area contributed by atoms with E-state index in [2.05, 4.69) is 19.2 Å². The van der Waals surface area contributed by atoms with Crippen LogP contribution in [0.5, 0.6) is 0 Å². The zero-order valence-corrected chi connectivity index (χ0v) is 43.3. The lowest BCUT2D eigenvalue weighted by Crippen LogP contribution is -2.50. The van der Waals surface area contributed by atoms with E-state index >= 15 is 0 Å². The number of carbonyl (C=O) groups is 1. The maximum absolute atomic E-state index is 12.5. The lowest BCUT2D eigenvalue weighted by molar-refractivity contribution is -0.124. The van der Waals surface area contributed by atoms with Crippen molar-refractivity contribution in [3.05, 3.63) is 0 Å². The summed E-state index contributed by atoms with van der Waals surface area (Å²) in [5, 5.41) is 33.8. The molecule has 0 aromatic rings. The fourth-order valence-corrected chi connectivity index (χ4v) is 9.70. The lowest BCUT2D eigenvalue weighted by atomic mass is 9.99. The van der Waals surface area contributed by atoms with Gasteiger partial charge in [0.2, 0.25) is 5.91 Å². The highest BCUT2D eigenvalue weighted by atomic mass is 16.3. The number of aliphatic hydroxyl groups excluding tert-OH is 3. The Hall–Kier alpha value is -0.650. The summed E-state index contributed by atoms with van der Waals surface area (Å²) in [4.78, 5) is 12.5. The molecule has 0 aliphatic heterocycles. The number of unbranched alkanes of at least 4 members (excludes halogenated alkanes) is 47. The summed E-state index contributed by atoms with van der Waals surface area (Å²) in [7, 11) is 0. The van der Waals surface area contributed by atoms with Gasteiger partial charge >= 0.3 is 0 Å². The van der Waals surface area contributed by atoms with E-state index in [1.54, 1.807) is 0 Å². The summed E-state index contributed by atoms with van der Waals surface area (Å²) in [6.07, 6.45) is 65.5. The Morgan fingerprint density at radius 1 is 0.333 bits per heavy atom. The summed E-state index contributed by atoms with van der Waals surface area (Å²) in [6.45, 7) is 4.23. The van der Waals surface area contributed by atoms with Crippen LogP contribution in [0.25, 0.3) is 0 Å². The second kappa shape index (κ2) is 54.0. The number of nitrogens with one attached hydrogen (secondary N) is 1. The van der Waals surface area contributed by atoms with Crippen molar-refractivity contribution in [3.8, 4) is 0 Å². The molecule has 0 heterocycles. The Bertz CT molecular complexity index is 853. The molecule has 3 atom stereocenters. The van der Waals surface area contributed by atoms with Gasteiger partial charge in [0.1, 0.15) is 6.10 Å². The van der Waals surface area contributed by atoms with Crippen molar-refractivity contribution in [3.63, 3.8) is 0 Å². The SMILES string of the molecule is CCCCCCCCCCCCCCCCCCCCCCCCCCCCCCCC(=O)NC(CO)C(O)C(O)CCCCCCCCCCCCCCCCCCCCCC. The van der Waals surface area contributed by atoms with Crippen molar-refractivity contribution in [2.24, 2.45) is 0 Å². The molecule has 0 aromatic heterocycles. The smallest absolute Gasteiger partial charge is 0.220 e. The molecule has 0 rings (SSSR count). The van der Waals surface area contributed by atoms with Crippen LogP contribution >= 0.6 is 0 Å². The third-order valence-electron chi connectivity index (χ3n) is 14.2. The van der Waals surface area contributed by atoms with Gasteiger partial charge in [-0.05, 0) is 12.8 Å². The zero-order chi connectivity index (χ0) is 45.8. The maximum atomic E-state index is 12.5. The van der Waals surface area contributed by atoms with E-state index in [0.29, 0.717) is 12.8 Å². The number of hydrogen-bond donors (Lipinski definition) is 4. The third kappa shape index (κ3) is 49.1. The van der Waals surface area contributed by atoms with E-state index in [0.717, 1.165) is 32.1 Å². The van der Waals surface area contributed by atoms with Gasteiger partial charge in [0.15, 0.2) is 0 Å². The van der Waals surface area contributed by atoms with E-state index in [-0.39, 0.29) is 12.5 Å². The molecule has 5 nitrogen and oxygen atoms in total. The standard InChI is InChI=1S/C58H117NO4/c1-3-5-7-9-11-13-15-17-19-21-23-25-26-27-28-29-30-31-32-33-35-37-39-41-43-45-47-49-51-53-57(62)59-55(54-60)58(63)56(61)52-50-48-46-44-42-40-38-36-34-24-22-20-18-16-14-12-10-8-6-4-2/h55-56,58,60-61,63H,3-54H2,1-2H3,(H,59,62). The Morgan fingerprint density at radius 3 is 0.762 bits per heavy atom. The topological polar surface area (TPSA) is 89.8 Å². The molecule has 0 spiro atoms. The Balaban J connectivity index is 3.47. The predicted octanol–water partition coefficient (Wildman–Crippen LogP) is 18.1. The molecule has 0 saturated carbocycles. The van der Waals surface area contributed by atoms with E-state index in [1.807, 2.05) is 0 Å². The van der Waals surface area contributed by atoms with E-state index in [1.165, 1.54) is 283 Å². The minimum atomic E-state index is -1.13. The van der Waals surface area contributed by atoms with Gasteiger partial charge in [0, 0.05) is 6.42 Å². The minimum absolute atomic E-state index is 0.135. The number of carbonyl (C=O) groups excluding carboxylic acids is 1. The van der Waals surface area contributed by atoms with Crippen molar-refractivity contribution >= 4 is 5.91 Å². The Morgan fingerprint density at radius 2 is 0.540 bits per heavy atom. The molecule has 0 radical (unpaired) electrons.